The van der Waals surface area contributed by atoms with Crippen molar-refractivity contribution in [3.63, 3.8) is 0 Å². The number of H-pyrrole nitrogens is 2. The summed E-state index contributed by atoms with van der Waals surface area (Å²) in [6.07, 6.45) is 5.19. The Labute approximate surface area is 328 Å². The maximum Gasteiger partial charge on any atom is 0.411 e. The van der Waals surface area contributed by atoms with E-state index in [2.05, 4.69) is 93.8 Å². The van der Waals surface area contributed by atoms with E-state index in [0.717, 1.165) is 81.4 Å². The molecule has 10 nitrogen and oxygen atoms in total. The van der Waals surface area contributed by atoms with Crippen LogP contribution < -0.4 is 0 Å². The first-order valence-electron chi connectivity index (χ1n) is 19.9. The van der Waals surface area contributed by atoms with Crippen LogP contribution >= 0.6 is 0 Å². The molecule has 8 rings (SSSR count). The highest BCUT2D eigenvalue weighted by Gasteiger charge is 2.51. The zero-order chi connectivity index (χ0) is 39.4. The number of imidazole rings is 2. The number of ether oxygens (including phenoxy) is 2. The van der Waals surface area contributed by atoms with Crippen molar-refractivity contribution in [1.82, 2.24) is 29.7 Å². The van der Waals surface area contributed by atoms with Crippen LogP contribution in [0, 0.1) is 5.92 Å². The third-order valence-electron chi connectivity index (χ3n) is 10.8. The molecule has 0 spiro atoms. The summed E-state index contributed by atoms with van der Waals surface area (Å²) in [6, 6.07) is 28.1. The maximum absolute atomic E-state index is 13.3. The van der Waals surface area contributed by atoms with Gasteiger partial charge in [0.15, 0.2) is 0 Å². The zero-order valence-electron chi connectivity index (χ0n) is 33.5. The first-order chi connectivity index (χ1) is 26.7. The maximum atomic E-state index is 13.3. The highest BCUT2D eigenvalue weighted by molar-refractivity contribution is 5.92. The van der Waals surface area contributed by atoms with Crippen molar-refractivity contribution >= 4 is 34.0 Å². The van der Waals surface area contributed by atoms with Crippen molar-refractivity contribution < 1.29 is 19.1 Å². The number of carbonyl (C=O) groups is 2. The number of hydrogen-bond donors (Lipinski definition) is 2. The molecular formula is C46H52N6O4. The third kappa shape index (κ3) is 7.74. The Hall–Kier alpha value is -5.64. The minimum absolute atomic E-state index is 0.0945. The minimum Gasteiger partial charge on any atom is -0.444 e. The molecule has 1 aliphatic carbocycles. The molecule has 6 aromatic rings. The quantitative estimate of drug-likeness (QED) is 0.160. The summed E-state index contributed by atoms with van der Waals surface area (Å²) in [5.41, 5.74) is 7.19. The van der Waals surface area contributed by atoms with Gasteiger partial charge in [-0.2, -0.15) is 0 Å². The van der Waals surface area contributed by atoms with Crippen LogP contribution in [0.5, 0.6) is 0 Å². The average molecular weight is 753 g/mol. The predicted octanol–water partition coefficient (Wildman–Crippen LogP) is 11.0. The molecule has 0 unspecified atom stereocenters. The third-order valence-corrected chi connectivity index (χ3v) is 10.8. The van der Waals surface area contributed by atoms with E-state index < -0.39 is 11.2 Å². The number of benzene rings is 4. The fraction of sp³-hybridized carbons (Fsp3) is 0.391. The molecule has 10 heteroatoms. The molecule has 4 aromatic carbocycles. The monoisotopic (exact) mass is 752 g/mol. The van der Waals surface area contributed by atoms with E-state index in [9.17, 15) is 9.59 Å². The van der Waals surface area contributed by atoms with Gasteiger partial charge in [-0.25, -0.2) is 19.6 Å². The predicted molar refractivity (Wildman–Crippen MR) is 221 cm³/mol. The van der Waals surface area contributed by atoms with E-state index in [1.54, 1.807) is 4.90 Å². The Balaban J connectivity index is 0.967. The minimum atomic E-state index is -0.555. The zero-order valence-corrected chi connectivity index (χ0v) is 33.5. The van der Waals surface area contributed by atoms with E-state index in [4.69, 9.17) is 14.5 Å². The lowest BCUT2D eigenvalue weighted by molar-refractivity contribution is 0.00617. The van der Waals surface area contributed by atoms with Crippen LogP contribution in [-0.4, -0.2) is 65.7 Å². The van der Waals surface area contributed by atoms with Crippen molar-refractivity contribution in [3.8, 4) is 33.5 Å². The smallest absolute Gasteiger partial charge is 0.411 e. The topological polar surface area (TPSA) is 116 Å². The first-order valence-corrected chi connectivity index (χ1v) is 19.9. The van der Waals surface area contributed by atoms with Crippen molar-refractivity contribution in [3.05, 3.63) is 96.7 Å². The second kappa shape index (κ2) is 14.5. The number of rotatable bonds is 8. The van der Waals surface area contributed by atoms with Crippen molar-refractivity contribution in [2.24, 2.45) is 5.92 Å². The average Bonchev–Trinajstić information content (AvgIpc) is 3.97. The van der Waals surface area contributed by atoms with Crippen LogP contribution in [0.15, 0.2) is 85.1 Å². The molecule has 290 valence electrons. The number of fused-ring (bicyclic) bond motifs is 4. The highest BCUT2D eigenvalue weighted by Crippen LogP contribution is 2.50. The largest absolute Gasteiger partial charge is 0.444 e. The molecule has 1 saturated carbocycles. The van der Waals surface area contributed by atoms with E-state index in [1.807, 2.05) is 59.6 Å². The van der Waals surface area contributed by atoms with Gasteiger partial charge in [0.05, 0.1) is 35.5 Å². The van der Waals surface area contributed by atoms with Crippen LogP contribution in [0.1, 0.15) is 91.8 Å². The number of aromatic nitrogens is 4. The van der Waals surface area contributed by atoms with E-state index in [0.29, 0.717) is 24.8 Å². The van der Waals surface area contributed by atoms with Crippen LogP contribution in [0.25, 0.3) is 55.3 Å². The second-order valence-electron chi connectivity index (χ2n) is 17.4. The normalized spacial score (nSPS) is 18.2. The number of carbonyl (C=O) groups excluding carboxylic acids is 2. The molecule has 2 bridgehead atoms. The lowest BCUT2D eigenvalue weighted by Crippen LogP contribution is -2.43. The Morgan fingerprint density at radius 3 is 2.09 bits per heavy atom. The number of aromatic amines is 2. The molecule has 3 heterocycles. The van der Waals surface area contributed by atoms with Gasteiger partial charge in [0.2, 0.25) is 0 Å². The van der Waals surface area contributed by atoms with Gasteiger partial charge in [0.25, 0.3) is 0 Å². The Morgan fingerprint density at radius 2 is 1.41 bits per heavy atom. The molecule has 1 saturated heterocycles. The van der Waals surface area contributed by atoms with Gasteiger partial charge < -0.3 is 24.3 Å². The standard InChI is InChI=1S/C46H52N6O4/c1-8-21-51(43(53)55-45(2,3)4)27-40-47-26-39(48-40)29-11-9-28(10-12-29)30-13-14-32-23-33(16-15-31(32)22-30)34-18-20-37-38(25-34)50-42(49-37)41-35-17-19-36(24-35)52(41)44(54)56-46(5,6)7/h9-16,18,20,22-23,25-26,35-36,41H,8,17,19,21,24,27H2,1-7H3,(H,47,48)(H,49,50)/t35-,36+,41-/m0/s1. The fourth-order valence-corrected chi connectivity index (χ4v) is 8.32. The number of nitrogens with one attached hydrogen (secondary N) is 2. The summed E-state index contributed by atoms with van der Waals surface area (Å²) in [7, 11) is 0. The van der Waals surface area contributed by atoms with Gasteiger partial charge >= 0.3 is 12.2 Å². The second-order valence-corrected chi connectivity index (χ2v) is 17.4. The molecule has 3 atom stereocenters. The number of nitrogens with zero attached hydrogens (tertiary/aromatic N) is 4. The SMILES string of the molecule is CCCN(Cc1ncc(-c2ccc(-c3ccc4cc(-c5ccc6nc([C@@H]7[C@H]8CC[C@H](C8)N7C(=O)OC(C)(C)C)[nH]c6c5)ccc4c3)cc2)[nH]1)C(=O)OC(C)(C)C. The Morgan fingerprint density at radius 1 is 0.786 bits per heavy atom. The molecule has 2 aromatic heterocycles. The van der Waals surface area contributed by atoms with Gasteiger partial charge in [-0.3, -0.25) is 4.90 Å². The van der Waals surface area contributed by atoms with E-state index in [-0.39, 0.29) is 24.3 Å². The van der Waals surface area contributed by atoms with Crippen molar-refractivity contribution in [2.75, 3.05) is 6.54 Å². The first kappa shape index (κ1) is 37.3. The summed E-state index contributed by atoms with van der Waals surface area (Å²) in [6.45, 7) is 14.4. The molecule has 2 fully saturated rings. The molecule has 1 aliphatic heterocycles. The Kier molecular flexibility index (Phi) is 9.63. The van der Waals surface area contributed by atoms with Crippen molar-refractivity contribution in [2.45, 2.75) is 104 Å². The molecule has 2 aliphatic rings. The van der Waals surface area contributed by atoms with Crippen LogP contribution in [-0.2, 0) is 16.0 Å². The summed E-state index contributed by atoms with van der Waals surface area (Å²) in [5, 5.41) is 2.33. The van der Waals surface area contributed by atoms with Gasteiger partial charge in [0, 0.05) is 12.6 Å². The van der Waals surface area contributed by atoms with Crippen LogP contribution in [0.2, 0.25) is 0 Å². The number of piperidine rings is 1. The van der Waals surface area contributed by atoms with Gasteiger partial charge in [-0.1, -0.05) is 61.5 Å². The number of hydrogen-bond acceptors (Lipinski definition) is 6. The number of amides is 2. The Bertz CT molecular complexity index is 2400. The molecular weight excluding hydrogens is 701 g/mol. The van der Waals surface area contributed by atoms with Crippen LogP contribution in [0.4, 0.5) is 9.59 Å². The van der Waals surface area contributed by atoms with Crippen molar-refractivity contribution in [1.29, 1.82) is 0 Å². The summed E-state index contributed by atoms with van der Waals surface area (Å²) in [5.74, 6) is 1.95. The fourth-order valence-electron chi connectivity index (χ4n) is 8.32. The van der Waals surface area contributed by atoms with E-state index >= 15 is 0 Å². The molecule has 56 heavy (non-hydrogen) atoms. The molecule has 0 radical (unpaired) electrons. The van der Waals surface area contributed by atoms with Gasteiger partial charge in [-0.15, -0.1) is 0 Å². The highest BCUT2D eigenvalue weighted by atomic mass is 16.6. The number of likely N-dealkylation sites (tertiary alicyclic amines) is 1. The van der Waals surface area contributed by atoms with Gasteiger partial charge in [-0.05, 0) is 136 Å². The lowest BCUT2D eigenvalue weighted by Gasteiger charge is -2.35. The lowest BCUT2D eigenvalue weighted by atomic mass is 9.97. The summed E-state index contributed by atoms with van der Waals surface area (Å²) in [4.78, 5) is 46.2. The summed E-state index contributed by atoms with van der Waals surface area (Å²) < 4.78 is 11.4. The molecule has 2 N–H and O–H groups in total. The van der Waals surface area contributed by atoms with Gasteiger partial charge in [0.1, 0.15) is 22.9 Å². The van der Waals surface area contributed by atoms with Crippen LogP contribution in [0.3, 0.4) is 0 Å². The summed E-state index contributed by atoms with van der Waals surface area (Å²) >= 11 is 0. The van der Waals surface area contributed by atoms with E-state index in [1.165, 1.54) is 5.39 Å². The molecule has 2 amide bonds.